The van der Waals surface area contributed by atoms with Gasteiger partial charge in [-0.2, -0.15) is 5.10 Å². The van der Waals surface area contributed by atoms with E-state index in [1.807, 2.05) is 54.6 Å². The van der Waals surface area contributed by atoms with Gasteiger partial charge in [0.1, 0.15) is 6.61 Å². The molecular formula is C17H15N3O2. The lowest BCUT2D eigenvalue weighted by atomic mass is 10.1. The van der Waals surface area contributed by atoms with Crippen LogP contribution >= 0.6 is 0 Å². The van der Waals surface area contributed by atoms with Crippen LogP contribution in [0.4, 0.5) is 10.5 Å². The van der Waals surface area contributed by atoms with Gasteiger partial charge in [0.2, 0.25) is 0 Å². The average molecular weight is 293 g/mol. The molecule has 0 saturated carbocycles. The summed E-state index contributed by atoms with van der Waals surface area (Å²) in [6, 6.07) is 20.8. The third kappa shape index (κ3) is 3.52. The zero-order valence-electron chi connectivity index (χ0n) is 11.8. The van der Waals surface area contributed by atoms with Gasteiger partial charge in [0, 0.05) is 11.3 Å². The van der Waals surface area contributed by atoms with Crippen molar-refractivity contribution in [2.45, 2.75) is 6.61 Å². The second kappa shape index (κ2) is 6.58. The van der Waals surface area contributed by atoms with Crippen LogP contribution in [-0.4, -0.2) is 16.3 Å². The summed E-state index contributed by atoms with van der Waals surface area (Å²) in [5.74, 6) is 0. The van der Waals surface area contributed by atoms with Crippen molar-refractivity contribution in [1.82, 2.24) is 10.2 Å². The van der Waals surface area contributed by atoms with E-state index in [0.717, 1.165) is 17.0 Å². The van der Waals surface area contributed by atoms with Gasteiger partial charge in [-0.1, -0.05) is 48.5 Å². The summed E-state index contributed by atoms with van der Waals surface area (Å²) in [6.45, 7) is 0.137. The summed E-state index contributed by atoms with van der Waals surface area (Å²) in [6.07, 6.45) is -0.498. The first-order valence-corrected chi connectivity index (χ1v) is 6.90. The number of aromatic nitrogens is 2. The number of H-pyrrole nitrogens is 1. The highest BCUT2D eigenvalue weighted by atomic mass is 16.5. The molecule has 0 unspecified atom stereocenters. The smallest absolute Gasteiger partial charge is 0.412 e. The summed E-state index contributed by atoms with van der Waals surface area (Å²) in [4.78, 5) is 11.7. The molecule has 5 heteroatoms. The molecule has 3 rings (SSSR count). The van der Waals surface area contributed by atoms with Gasteiger partial charge in [-0.15, -0.1) is 0 Å². The minimum atomic E-state index is -0.498. The quantitative estimate of drug-likeness (QED) is 0.768. The van der Waals surface area contributed by atoms with Crippen LogP contribution in [0.1, 0.15) is 5.69 Å². The van der Waals surface area contributed by atoms with Gasteiger partial charge in [-0.25, -0.2) is 4.79 Å². The molecule has 0 atom stereocenters. The second-order valence-electron chi connectivity index (χ2n) is 4.71. The number of nitrogens with one attached hydrogen (secondary N) is 2. The third-order valence-corrected chi connectivity index (χ3v) is 3.08. The highest BCUT2D eigenvalue weighted by Gasteiger charge is 2.07. The largest absolute Gasteiger partial charge is 0.443 e. The Morgan fingerprint density at radius 3 is 2.45 bits per heavy atom. The van der Waals surface area contributed by atoms with Gasteiger partial charge in [0.05, 0.1) is 11.4 Å². The Hall–Kier alpha value is -3.08. The van der Waals surface area contributed by atoms with Gasteiger partial charge in [0.25, 0.3) is 0 Å². The number of carbonyl (C=O) groups is 1. The van der Waals surface area contributed by atoms with Gasteiger partial charge < -0.3 is 4.74 Å². The lowest BCUT2D eigenvalue weighted by Gasteiger charge is -2.05. The predicted molar refractivity (Wildman–Crippen MR) is 84.3 cm³/mol. The van der Waals surface area contributed by atoms with Crippen LogP contribution in [0, 0.1) is 0 Å². The van der Waals surface area contributed by atoms with Crippen LogP contribution in [0.5, 0.6) is 0 Å². The van der Waals surface area contributed by atoms with Crippen molar-refractivity contribution in [2.24, 2.45) is 0 Å². The van der Waals surface area contributed by atoms with Gasteiger partial charge in [-0.3, -0.25) is 10.4 Å². The van der Waals surface area contributed by atoms with E-state index in [-0.39, 0.29) is 6.61 Å². The Kier molecular flexibility index (Phi) is 4.15. The molecule has 1 amide bonds. The fraction of sp³-hybridized carbons (Fsp3) is 0.0588. The number of hydrogen-bond donors (Lipinski definition) is 2. The number of aromatic amines is 1. The Bertz CT molecular complexity index is 739. The molecule has 22 heavy (non-hydrogen) atoms. The van der Waals surface area contributed by atoms with Crippen LogP contribution in [-0.2, 0) is 11.3 Å². The van der Waals surface area contributed by atoms with Crippen LogP contribution in [0.15, 0.2) is 66.7 Å². The van der Waals surface area contributed by atoms with E-state index in [1.165, 1.54) is 0 Å². The molecule has 110 valence electrons. The highest BCUT2D eigenvalue weighted by molar-refractivity contribution is 5.84. The van der Waals surface area contributed by atoms with E-state index in [4.69, 9.17) is 4.74 Å². The summed E-state index contributed by atoms with van der Waals surface area (Å²) >= 11 is 0. The van der Waals surface area contributed by atoms with Crippen molar-refractivity contribution in [1.29, 1.82) is 0 Å². The molecule has 0 aliphatic rings. The third-order valence-electron chi connectivity index (χ3n) is 3.08. The van der Waals surface area contributed by atoms with Crippen molar-refractivity contribution >= 4 is 11.8 Å². The van der Waals surface area contributed by atoms with E-state index in [1.54, 1.807) is 12.1 Å². The maximum atomic E-state index is 11.7. The first kappa shape index (κ1) is 13.9. The molecule has 0 radical (unpaired) electrons. The number of nitrogens with zero attached hydrogens (tertiary/aromatic N) is 1. The SMILES string of the molecule is O=C(Nc1ccccc1)OCc1cc(-c2ccccc2)n[nH]1. The maximum absolute atomic E-state index is 11.7. The molecule has 0 fully saturated rings. The first-order chi connectivity index (χ1) is 10.8. The molecule has 5 nitrogen and oxygen atoms in total. The van der Waals surface area contributed by atoms with E-state index < -0.39 is 6.09 Å². The molecule has 0 spiro atoms. The number of carbonyl (C=O) groups excluding carboxylic acids is 1. The molecule has 0 aliphatic heterocycles. The van der Waals surface area contributed by atoms with E-state index in [2.05, 4.69) is 15.5 Å². The summed E-state index contributed by atoms with van der Waals surface area (Å²) < 4.78 is 5.16. The van der Waals surface area contributed by atoms with Crippen LogP contribution in [0.25, 0.3) is 11.3 Å². The van der Waals surface area contributed by atoms with Crippen LogP contribution in [0.2, 0.25) is 0 Å². The van der Waals surface area contributed by atoms with Crippen molar-refractivity contribution in [3.05, 3.63) is 72.4 Å². The summed E-state index contributed by atoms with van der Waals surface area (Å²) in [7, 11) is 0. The zero-order valence-corrected chi connectivity index (χ0v) is 11.8. The number of anilines is 1. The molecule has 0 bridgehead atoms. The Balaban J connectivity index is 1.56. The monoisotopic (exact) mass is 293 g/mol. The normalized spacial score (nSPS) is 10.2. The van der Waals surface area contributed by atoms with Crippen molar-refractivity contribution in [3.63, 3.8) is 0 Å². The van der Waals surface area contributed by atoms with Gasteiger partial charge in [-0.05, 0) is 18.2 Å². The summed E-state index contributed by atoms with van der Waals surface area (Å²) in [5, 5.41) is 9.74. The minimum absolute atomic E-state index is 0.137. The van der Waals surface area contributed by atoms with E-state index in [9.17, 15) is 4.79 Å². The minimum Gasteiger partial charge on any atom is -0.443 e. The molecule has 1 heterocycles. The lowest BCUT2D eigenvalue weighted by Crippen LogP contribution is -2.13. The predicted octanol–water partition coefficient (Wildman–Crippen LogP) is 3.83. The topological polar surface area (TPSA) is 67.0 Å². The van der Waals surface area contributed by atoms with Gasteiger partial charge in [0.15, 0.2) is 0 Å². The van der Waals surface area contributed by atoms with Crippen molar-refractivity contribution in [2.75, 3.05) is 5.32 Å². The number of rotatable bonds is 4. The molecular weight excluding hydrogens is 278 g/mol. The second-order valence-corrected chi connectivity index (χ2v) is 4.71. The van der Waals surface area contributed by atoms with Gasteiger partial charge >= 0.3 is 6.09 Å². The number of benzene rings is 2. The summed E-state index contributed by atoms with van der Waals surface area (Å²) in [5.41, 5.74) is 3.27. The van der Waals surface area contributed by atoms with E-state index >= 15 is 0 Å². The fourth-order valence-corrected chi connectivity index (χ4v) is 2.01. The average Bonchev–Trinajstić information content (AvgIpc) is 3.04. The molecule has 2 aromatic carbocycles. The standard InChI is InChI=1S/C17H15N3O2/c21-17(18-14-9-5-2-6-10-14)22-12-15-11-16(20-19-15)13-7-3-1-4-8-13/h1-11H,12H2,(H,18,21)(H,19,20). The lowest BCUT2D eigenvalue weighted by molar-refractivity contribution is 0.153. The number of amides is 1. The molecule has 2 N–H and O–H groups in total. The highest BCUT2D eigenvalue weighted by Crippen LogP contribution is 2.17. The fourth-order valence-electron chi connectivity index (χ4n) is 2.01. The Morgan fingerprint density at radius 1 is 1.05 bits per heavy atom. The van der Waals surface area contributed by atoms with Crippen molar-refractivity contribution in [3.8, 4) is 11.3 Å². The molecule has 0 saturated heterocycles. The Labute approximate surface area is 127 Å². The molecule has 1 aromatic heterocycles. The molecule has 0 aliphatic carbocycles. The number of para-hydroxylation sites is 1. The van der Waals surface area contributed by atoms with Crippen molar-refractivity contribution < 1.29 is 9.53 Å². The maximum Gasteiger partial charge on any atom is 0.412 e. The molecule has 3 aromatic rings. The van der Waals surface area contributed by atoms with Crippen LogP contribution in [0.3, 0.4) is 0 Å². The van der Waals surface area contributed by atoms with E-state index in [0.29, 0.717) is 5.69 Å². The number of hydrogen-bond acceptors (Lipinski definition) is 3. The Morgan fingerprint density at radius 2 is 1.73 bits per heavy atom. The zero-order chi connectivity index (χ0) is 15.2. The van der Waals surface area contributed by atoms with Crippen LogP contribution < -0.4 is 5.32 Å². The first-order valence-electron chi connectivity index (χ1n) is 6.90. The number of ether oxygens (including phenoxy) is 1.